The number of pyridine rings is 1. The number of nitrogen functional groups attached to an aromatic ring is 1. The number of anilines is 2. The van der Waals surface area contributed by atoms with E-state index in [4.69, 9.17) is 16.2 Å². The number of carbonyl (C=O) groups excluding carboxylic acids is 1. The molecule has 6 heteroatoms. The lowest BCUT2D eigenvalue weighted by molar-refractivity contribution is 0.100. The summed E-state index contributed by atoms with van der Waals surface area (Å²) < 4.78 is 5.47. The van der Waals surface area contributed by atoms with Crippen LogP contribution in [-0.2, 0) is 4.74 Å². The van der Waals surface area contributed by atoms with E-state index in [9.17, 15) is 4.79 Å². The largest absolute Gasteiger partial charge is 0.397 e. The molecule has 0 unspecified atom stereocenters. The molecule has 0 spiro atoms. The van der Waals surface area contributed by atoms with Gasteiger partial charge in [0.2, 0.25) is 0 Å². The lowest BCUT2D eigenvalue weighted by Crippen LogP contribution is -2.18. The molecule has 1 aromatic heterocycles. The van der Waals surface area contributed by atoms with Gasteiger partial charge in [0.1, 0.15) is 5.82 Å². The minimum absolute atomic E-state index is 0.303. The number of nitrogens with one attached hydrogen (secondary N) is 1. The molecule has 5 N–H and O–H groups in total. The first-order valence-corrected chi connectivity index (χ1v) is 6.03. The van der Waals surface area contributed by atoms with Crippen LogP contribution in [-0.4, -0.2) is 30.6 Å². The molecule has 0 radical (unpaired) electrons. The van der Waals surface area contributed by atoms with E-state index in [2.05, 4.69) is 10.3 Å². The van der Waals surface area contributed by atoms with Crippen LogP contribution in [0.3, 0.4) is 0 Å². The van der Waals surface area contributed by atoms with Gasteiger partial charge in [-0.25, -0.2) is 4.98 Å². The van der Waals surface area contributed by atoms with E-state index < -0.39 is 5.91 Å². The molecule has 1 aliphatic rings. The number of rotatable bonds is 7. The third kappa shape index (κ3) is 3.59. The predicted octanol–water partition coefficient (Wildman–Crippen LogP) is 0.601. The molecule has 1 aliphatic carbocycles. The number of aromatic nitrogens is 1. The smallest absolute Gasteiger partial charge is 0.252 e. The SMILES string of the molecule is NC(=O)c1cc(N)cnc1NCCOCC1CC1. The fourth-order valence-electron chi connectivity index (χ4n) is 1.59. The van der Waals surface area contributed by atoms with Crippen LogP contribution in [0.15, 0.2) is 12.3 Å². The molecule has 1 saturated carbocycles. The molecule has 0 aliphatic heterocycles. The minimum atomic E-state index is -0.545. The maximum atomic E-state index is 11.2. The number of carbonyl (C=O) groups is 1. The van der Waals surface area contributed by atoms with Gasteiger partial charge in [-0.15, -0.1) is 0 Å². The van der Waals surface area contributed by atoms with Crippen LogP contribution < -0.4 is 16.8 Å². The van der Waals surface area contributed by atoms with Crippen molar-refractivity contribution in [2.45, 2.75) is 12.8 Å². The highest BCUT2D eigenvalue weighted by atomic mass is 16.5. The first kappa shape index (κ1) is 12.6. The summed E-state index contributed by atoms with van der Waals surface area (Å²) in [6, 6.07) is 1.52. The third-order valence-corrected chi connectivity index (χ3v) is 2.76. The Morgan fingerprint density at radius 1 is 1.56 bits per heavy atom. The van der Waals surface area contributed by atoms with Gasteiger partial charge >= 0.3 is 0 Å². The monoisotopic (exact) mass is 250 g/mol. The summed E-state index contributed by atoms with van der Waals surface area (Å²) in [5, 5.41) is 3.02. The van der Waals surface area contributed by atoms with Gasteiger partial charge in [-0.1, -0.05) is 0 Å². The third-order valence-electron chi connectivity index (χ3n) is 2.76. The van der Waals surface area contributed by atoms with Crippen molar-refractivity contribution < 1.29 is 9.53 Å². The fourth-order valence-corrected chi connectivity index (χ4v) is 1.59. The molecule has 1 aromatic rings. The number of hydrogen-bond donors (Lipinski definition) is 3. The van der Waals surface area contributed by atoms with Gasteiger partial charge in [0.25, 0.3) is 5.91 Å². The highest BCUT2D eigenvalue weighted by Gasteiger charge is 2.20. The van der Waals surface area contributed by atoms with E-state index >= 15 is 0 Å². The first-order valence-electron chi connectivity index (χ1n) is 6.03. The number of amides is 1. The van der Waals surface area contributed by atoms with Crippen molar-refractivity contribution in [1.82, 2.24) is 4.98 Å². The summed E-state index contributed by atoms with van der Waals surface area (Å²) in [6.45, 7) is 1.99. The molecule has 98 valence electrons. The molecule has 0 atom stereocenters. The van der Waals surface area contributed by atoms with Crippen molar-refractivity contribution in [2.75, 3.05) is 30.8 Å². The number of nitrogens with zero attached hydrogens (tertiary/aromatic N) is 1. The fraction of sp³-hybridized carbons (Fsp3) is 0.500. The molecular weight excluding hydrogens is 232 g/mol. The number of ether oxygens (including phenoxy) is 1. The van der Waals surface area contributed by atoms with Crippen LogP contribution >= 0.6 is 0 Å². The van der Waals surface area contributed by atoms with Crippen LogP contribution in [0.1, 0.15) is 23.2 Å². The van der Waals surface area contributed by atoms with Crippen LogP contribution in [0.2, 0.25) is 0 Å². The van der Waals surface area contributed by atoms with Crippen LogP contribution in [0, 0.1) is 5.92 Å². The van der Waals surface area contributed by atoms with Crippen molar-refractivity contribution in [2.24, 2.45) is 11.7 Å². The van der Waals surface area contributed by atoms with Crippen molar-refractivity contribution in [3.63, 3.8) is 0 Å². The Hall–Kier alpha value is -1.82. The quantitative estimate of drug-likeness (QED) is 0.615. The topological polar surface area (TPSA) is 103 Å². The van der Waals surface area contributed by atoms with Crippen molar-refractivity contribution in [3.05, 3.63) is 17.8 Å². The zero-order valence-corrected chi connectivity index (χ0v) is 10.2. The predicted molar refractivity (Wildman–Crippen MR) is 69.2 cm³/mol. The molecule has 0 aromatic carbocycles. The highest BCUT2D eigenvalue weighted by Crippen LogP contribution is 2.28. The molecule has 18 heavy (non-hydrogen) atoms. The maximum absolute atomic E-state index is 11.2. The van der Waals surface area contributed by atoms with Crippen molar-refractivity contribution in [1.29, 1.82) is 0 Å². The summed E-state index contributed by atoms with van der Waals surface area (Å²) in [5.41, 5.74) is 11.5. The zero-order valence-electron chi connectivity index (χ0n) is 10.2. The molecule has 6 nitrogen and oxygen atoms in total. The Bertz CT molecular complexity index is 432. The maximum Gasteiger partial charge on any atom is 0.252 e. The lowest BCUT2D eigenvalue weighted by atomic mass is 10.2. The van der Waals surface area contributed by atoms with E-state index in [1.807, 2.05) is 0 Å². The second-order valence-electron chi connectivity index (χ2n) is 4.47. The Morgan fingerprint density at radius 2 is 2.33 bits per heavy atom. The average molecular weight is 250 g/mol. The second kappa shape index (κ2) is 5.68. The normalized spacial score (nSPS) is 14.4. The van der Waals surface area contributed by atoms with E-state index in [-0.39, 0.29) is 0 Å². The van der Waals surface area contributed by atoms with Gasteiger partial charge in [0.05, 0.1) is 24.1 Å². The Kier molecular flexibility index (Phi) is 3.99. The van der Waals surface area contributed by atoms with E-state index in [1.54, 1.807) is 0 Å². The summed E-state index contributed by atoms with van der Waals surface area (Å²) in [4.78, 5) is 15.3. The van der Waals surface area contributed by atoms with E-state index in [0.717, 1.165) is 12.5 Å². The Balaban J connectivity index is 1.81. The molecule has 0 bridgehead atoms. The number of hydrogen-bond acceptors (Lipinski definition) is 5. The van der Waals surface area contributed by atoms with Gasteiger partial charge in [-0.2, -0.15) is 0 Å². The summed E-state index contributed by atoms with van der Waals surface area (Å²) in [5.74, 6) is 0.656. The van der Waals surface area contributed by atoms with Crippen LogP contribution in [0.5, 0.6) is 0 Å². The number of primary amides is 1. The molecule has 1 fully saturated rings. The summed E-state index contributed by atoms with van der Waals surface area (Å²) >= 11 is 0. The van der Waals surface area contributed by atoms with Crippen molar-refractivity contribution in [3.8, 4) is 0 Å². The number of nitrogens with two attached hydrogens (primary N) is 2. The van der Waals surface area contributed by atoms with Gasteiger partial charge in [0, 0.05) is 13.2 Å². The minimum Gasteiger partial charge on any atom is -0.397 e. The highest BCUT2D eigenvalue weighted by molar-refractivity contribution is 5.98. The van der Waals surface area contributed by atoms with Gasteiger partial charge in [0.15, 0.2) is 0 Å². The van der Waals surface area contributed by atoms with Gasteiger partial charge in [-0.3, -0.25) is 4.79 Å². The molecule has 1 amide bonds. The molecular formula is C12H18N4O2. The van der Waals surface area contributed by atoms with Gasteiger partial charge < -0.3 is 21.5 Å². The van der Waals surface area contributed by atoms with Crippen molar-refractivity contribution >= 4 is 17.4 Å². The Labute approximate surface area is 106 Å². The molecule has 2 rings (SSSR count). The first-order chi connectivity index (χ1) is 8.66. The molecule has 0 saturated heterocycles. The standard InChI is InChI=1S/C12H18N4O2/c13-9-5-10(11(14)17)12(16-6-9)15-3-4-18-7-8-1-2-8/h5-6,8H,1-4,7,13H2,(H2,14,17)(H,15,16). The van der Waals surface area contributed by atoms with E-state index in [1.165, 1.54) is 25.1 Å². The lowest BCUT2D eigenvalue weighted by Gasteiger charge is -2.09. The van der Waals surface area contributed by atoms with E-state index in [0.29, 0.717) is 30.2 Å². The summed E-state index contributed by atoms with van der Waals surface area (Å²) in [7, 11) is 0. The van der Waals surface area contributed by atoms with Gasteiger partial charge in [-0.05, 0) is 24.8 Å². The summed E-state index contributed by atoms with van der Waals surface area (Å²) in [6.07, 6.45) is 4.04. The second-order valence-corrected chi connectivity index (χ2v) is 4.47. The van der Waals surface area contributed by atoms with Crippen LogP contribution in [0.4, 0.5) is 11.5 Å². The van der Waals surface area contributed by atoms with Crippen LogP contribution in [0.25, 0.3) is 0 Å². The molecule has 1 heterocycles. The Morgan fingerprint density at radius 3 is 3.00 bits per heavy atom. The zero-order chi connectivity index (χ0) is 13.0. The average Bonchev–Trinajstić information content (AvgIpc) is 3.14.